The highest BCUT2D eigenvalue weighted by molar-refractivity contribution is 6.72. The Morgan fingerprint density at radius 2 is 1.42 bits per heavy atom. The largest absolute Gasteiger partial charge is 0.417 e. The van der Waals surface area contributed by atoms with Crippen molar-refractivity contribution in [2.75, 3.05) is 13.2 Å². The third-order valence-corrected chi connectivity index (χ3v) is 13.5. The number of ether oxygens (including phenoxy) is 1. The third-order valence-electron chi connectivity index (χ3n) is 5.75. The van der Waals surface area contributed by atoms with Crippen LogP contribution in [0.25, 0.3) is 0 Å². The average molecular weight is 397 g/mol. The summed E-state index contributed by atoms with van der Waals surface area (Å²) in [5.41, 5.74) is 1.21. The van der Waals surface area contributed by atoms with Crippen LogP contribution in [0.1, 0.15) is 39.7 Å². The van der Waals surface area contributed by atoms with E-state index < -0.39 is 16.6 Å². The minimum Gasteiger partial charge on any atom is -0.417 e. The van der Waals surface area contributed by atoms with Gasteiger partial charge in [0.2, 0.25) is 0 Å². The van der Waals surface area contributed by atoms with Crippen molar-refractivity contribution in [3.8, 4) is 0 Å². The molecule has 0 N–H and O–H groups in total. The minimum atomic E-state index is -1.63. The standard InChI is InChI=1S/C21H40O3Si2/c1-7-25(5,8-2)23-17-16-21(24-26(6,9-3)10-4)19-22-18-20-14-12-11-13-15-20/h11-15,21H,7-10,16-19H2,1-6H3/t21-/m1/s1. The van der Waals surface area contributed by atoms with Gasteiger partial charge in [-0.3, -0.25) is 0 Å². The molecule has 0 aliphatic heterocycles. The Bertz CT molecular complexity index is 473. The highest BCUT2D eigenvalue weighted by Crippen LogP contribution is 2.22. The Labute approximate surface area is 163 Å². The number of hydrogen-bond donors (Lipinski definition) is 0. The van der Waals surface area contributed by atoms with Gasteiger partial charge in [0, 0.05) is 6.61 Å². The summed E-state index contributed by atoms with van der Waals surface area (Å²) in [4.78, 5) is 0. The summed E-state index contributed by atoms with van der Waals surface area (Å²) in [5, 5.41) is 0. The van der Waals surface area contributed by atoms with Crippen LogP contribution < -0.4 is 0 Å². The molecule has 0 fully saturated rings. The lowest BCUT2D eigenvalue weighted by Gasteiger charge is -2.32. The molecule has 0 unspecified atom stereocenters. The molecule has 0 aliphatic carbocycles. The van der Waals surface area contributed by atoms with E-state index in [0.29, 0.717) is 13.2 Å². The Balaban J connectivity index is 2.57. The Hall–Kier alpha value is -0.466. The molecule has 3 nitrogen and oxygen atoms in total. The van der Waals surface area contributed by atoms with Crippen molar-refractivity contribution in [2.45, 2.75) is 84.1 Å². The van der Waals surface area contributed by atoms with Crippen LogP contribution in [0.2, 0.25) is 37.3 Å². The van der Waals surface area contributed by atoms with E-state index in [0.717, 1.165) is 25.1 Å². The first kappa shape index (κ1) is 23.6. The summed E-state index contributed by atoms with van der Waals surface area (Å²) in [7, 11) is -3.13. The van der Waals surface area contributed by atoms with Gasteiger partial charge in [-0.1, -0.05) is 58.0 Å². The lowest BCUT2D eigenvalue weighted by atomic mass is 10.2. The van der Waals surface area contributed by atoms with Crippen molar-refractivity contribution in [2.24, 2.45) is 0 Å². The Kier molecular flexibility index (Phi) is 11.0. The van der Waals surface area contributed by atoms with Gasteiger partial charge in [0.1, 0.15) is 0 Å². The number of hydrogen-bond acceptors (Lipinski definition) is 3. The van der Waals surface area contributed by atoms with Crippen molar-refractivity contribution in [3.63, 3.8) is 0 Å². The predicted octanol–water partition coefficient (Wildman–Crippen LogP) is 6.23. The van der Waals surface area contributed by atoms with E-state index in [-0.39, 0.29) is 6.10 Å². The fourth-order valence-electron chi connectivity index (χ4n) is 2.77. The van der Waals surface area contributed by atoms with Crippen molar-refractivity contribution in [1.29, 1.82) is 0 Å². The van der Waals surface area contributed by atoms with E-state index in [9.17, 15) is 0 Å². The van der Waals surface area contributed by atoms with Crippen LogP contribution in [0.5, 0.6) is 0 Å². The molecule has 0 aliphatic rings. The van der Waals surface area contributed by atoms with E-state index in [2.05, 4.69) is 65.1 Å². The van der Waals surface area contributed by atoms with Gasteiger partial charge in [0.25, 0.3) is 0 Å². The summed E-state index contributed by atoms with van der Waals surface area (Å²) in [6.07, 6.45) is 1.07. The smallest absolute Gasteiger partial charge is 0.189 e. The van der Waals surface area contributed by atoms with Crippen molar-refractivity contribution < 1.29 is 13.6 Å². The first-order valence-electron chi connectivity index (χ1n) is 10.3. The normalized spacial score (nSPS) is 13.8. The summed E-state index contributed by atoms with van der Waals surface area (Å²) in [6, 6.07) is 15.0. The topological polar surface area (TPSA) is 27.7 Å². The summed E-state index contributed by atoms with van der Waals surface area (Å²) >= 11 is 0. The van der Waals surface area contributed by atoms with Crippen LogP contribution in [0.4, 0.5) is 0 Å². The molecule has 0 heterocycles. The molecular weight excluding hydrogens is 356 g/mol. The summed E-state index contributed by atoms with van der Waals surface area (Å²) in [5.74, 6) is 0. The maximum atomic E-state index is 6.61. The van der Waals surface area contributed by atoms with Gasteiger partial charge < -0.3 is 13.6 Å². The van der Waals surface area contributed by atoms with E-state index in [1.165, 1.54) is 17.7 Å². The lowest BCUT2D eigenvalue weighted by molar-refractivity contribution is 0.0257. The van der Waals surface area contributed by atoms with Gasteiger partial charge in [-0.15, -0.1) is 0 Å². The second-order valence-electron chi connectivity index (χ2n) is 7.69. The zero-order valence-corrected chi connectivity index (χ0v) is 19.8. The van der Waals surface area contributed by atoms with Crippen LogP contribution in [0.3, 0.4) is 0 Å². The molecule has 0 aromatic heterocycles. The molecule has 150 valence electrons. The van der Waals surface area contributed by atoms with Gasteiger partial charge in [0.15, 0.2) is 16.6 Å². The quantitative estimate of drug-likeness (QED) is 0.349. The maximum absolute atomic E-state index is 6.61. The Morgan fingerprint density at radius 1 is 0.846 bits per heavy atom. The van der Waals surface area contributed by atoms with E-state index in [4.69, 9.17) is 13.6 Å². The first-order chi connectivity index (χ1) is 12.4. The maximum Gasteiger partial charge on any atom is 0.189 e. The fraction of sp³-hybridized carbons (Fsp3) is 0.714. The van der Waals surface area contributed by atoms with Crippen LogP contribution in [-0.2, 0) is 20.2 Å². The highest BCUT2D eigenvalue weighted by Gasteiger charge is 2.29. The molecule has 0 radical (unpaired) electrons. The molecule has 0 amide bonds. The average Bonchev–Trinajstić information content (AvgIpc) is 2.68. The lowest BCUT2D eigenvalue weighted by Crippen LogP contribution is -2.40. The van der Waals surface area contributed by atoms with Crippen LogP contribution in [0, 0.1) is 0 Å². The predicted molar refractivity (Wildman–Crippen MR) is 117 cm³/mol. The highest BCUT2D eigenvalue weighted by atomic mass is 28.4. The van der Waals surface area contributed by atoms with Gasteiger partial charge in [-0.25, -0.2) is 0 Å². The van der Waals surface area contributed by atoms with Gasteiger partial charge in [-0.05, 0) is 49.3 Å². The van der Waals surface area contributed by atoms with E-state index >= 15 is 0 Å². The molecular formula is C21H40O3Si2. The van der Waals surface area contributed by atoms with Crippen molar-refractivity contribution in [1.82, 2.24) is 0 Å². The van der Waals surface area contributed by atoms with Gasteiger partial charge >= 0.3 is 0 Å². The van der Waals surface area contributed by atoms with Crippen molar-refractivity contribution in [3.05, 3.63) is 35.9 Å². The molecule has 5 heteroatoms. The van der Waals surface area contributed by atoms with Gasteiger partial charge in [-0.2, -0.15) is 0 Å². The zero-order valence-electron chi connectivity index (χ0n) is 17.8. The fourth-order valence-corrected chi connectivity index (χ4v) is 6.11. The second kappa shape index (κ2) is 12.1. The molecule has 1 aromatic carbocycles. The first-order valence-corrected chi connectivity index (χ1v) is 16.0. The molecule has 0 spiro atoms. The monoisotopic (exact) mass is 396 g/mol. The van der Waals surface area contributed by atoms with Crippen LogP contribution in [0.15, 0.2) is 30.3 Å². The molecule has 1 atom stereocenters. The third kappa shape index (κ3) is 8.48. The van der Waals surface area contributed by atoms with Crippen molar-refractivity contribution >= 4 is 16.6 Å². The summed E-state index contributed by atoms with van der Waals surface area (Å²) < 4.78 is 18.9. The van der Waals surface area contributed by atoms with Crippen LogP contribution >= 0.6 is 0 Å². The molecule has 0 saturated carbocycles. The van der Waals surface area contributed by atoms with E-state index in [1.807, 2.05) is 6.07 Å². The molecule has 26 heavy (non-hydrogen) atoms. The molecule has 0 bridgehead atoms. The number of benzene rings is 1. The molecule has 1 rings (SSSR count). The SMILES string of the molecule is CC[Si](C)(CC)OCC[C@H](COCc1ccccc1)O[Si](C)(CC)CC. The minimum absolute atomic E-state index is 0.141. The van der Waals surface area contributed by atoms with Gasteiger partial charge in [0.05, 0.1) is 19.3 Å². The zero-order chi connectivity index (χ0) is 19.5. The molecule has 0 saturated heterocycles. The second-order valence-corrected chi connectivity index (χ2v) is 16.8. The van der Waals surface area contributed by atoms with E-state index in [1.54, 1.807) is 0 Å². The molecule has 1 aromatic rings. The Morgan fingerprint density at radius 3 is 1.96 bits per heavy atom. The number of rotatable bonds is 14. The summed E-state index contributed by atoms with van der Waals surface area (Å²) in [6.45, 7) is 15.8. The van der Waals surface area contributed by atoms with Crippen LogP contribution in [-0.4, -0.2) is 36.0 Å².